The molecule has 2 saturated heterocycles. The minimum Gasteiger partial charge on any atom is -0.388 e. The van der Waals surface area contributed by atoms with Crippen LogP contribution in [0.4, 0.5) is 17.1 Å². The minimum absolute atomic E-state index is 0.00423. The van der Waals surface area contributed by atoms with E-state index in [0.717, 1.165) is 23.3 Å². The van der Waals surface area contributed by atoms with Crippen molar-refractivity contribution < 1.29 is 29.2 Å². The molecule has 5 rings (SSSR count). The Morgan fingerprint density at radius 2 is 1.63 bits per heavy atom. The molecule has 0 radical (unpaired) electrons. The fourth-order valence-corrected chi connectivity index (χ4v) is 4.94. The summed E-state index contributed by atoms with van der Waals surface area (Å²) in [6.45, 7) is 0.184. The Morgan fingerprint density at radius 3 is 2.32 bits per heavy atom. The minimum atomic E-state index is -1.16. The van der Waals surface area contributed by atoms with Gasteiger partial charge in [-0.2, -0.15) is 0 Å². The molecular formula is C27H27N3O8. The van der Waals surface area contributed by atoms with Gasteiger partial charge in [-0.15, -0.1) is 0 Å². The third-order valence-electron chi connectivity index (χ3n) is 6.85. The zero-order valence-electron chi connectivity index (χ0n) is 20.3. The van der Waals surface area contributed by atoms with Crippen molar-refractivity contribution in [3.05, 3.63) is 110 Å². The second-order valence-corrected chi connectivity index (χ2v) is 9.29. The highest BCUT2D eigenvalue weighted by molar-refractivity contribution is 5.66. The molecule has 0 aromatic heterocycles. The van der Waals surface area contributed by atoms with E-state index in [1.54, 1.807) is 0 Å². The summed E-state index contributed by atoms with van der Waals surface area (Å²) in [5, 5.41) is 37.4. The maximum atomic E-state index is 11.7. The van der Waals surface area contributed by atoms with E-state index in [9.17, 15) is 25.3 Å². The van der Waals surface area contributed by atoms with E-state index < -0.39 is 51.9 Å². The number of ether oxygens (including phenoxy) is 3. The van der Waals surface area contributed by atoms with Crippen molar-refractivity contribution in [3.63, 3.8) is 0 Å². The van der Waals surface area contributed by atoms with Crippen LogP contribution in [0.5, 0.6) is 0 Å². The summed E-state index contributed by atoms with van der Waals surface area (Å²) in [5.41, 5.74) is 0.950. The second kappa shape index (κ2) is 11.2. The Morgan fingerprint density at radius 1 is 0.921 bits per heavy atom. The maximum Gasteiger partial charge on any atom is 0.299 e. The van der Waals surface area contributed by atoms with Crippen molar-refractivity contribution in [2.45, 2.75) is 56.2 Å². The van der Waals surface area contributed by atoms with Gasteiger partial charge in [0.2, 0.25) is 0 Å². The van der Waals surface area contributed by atoms with E-state index in [-0.39, 0.29) is 18.4 Å². The number of non-ortho nitro benzene ring substituents is 1. The van der Waals surface area contributed by atoms with E-state index in [1.807, 2.05) is 60.7 Å². The fourth-order valence-electron chi connectivity index (χ4n) is 4.94. The van der Waals surface area contributed by atoms with Crippen molar-refractivity contribution >= 4 is 17.1 Å². The van der Waals surface area contributed by atoms with E-state index in [4.69, 9.17) is 14.2 Å². The number of benzene rings is 3. The highest BCUT2D eigenvalue weighted by atomic mass is 16.7. The lowest BCUT2D eigenvalue weighted by molar-refractivity contribution is -0.393. The van der Waals surface area contributed by atoms with Gasteiger partial charge in [0.25, 0.3) is 11.4 Å². The van der Waals surface area contributed by atoms with Crippen LogP contribution in [0.1, 0.15) is 30.1 Å². The molecule has 11 heteroatoms. The molecule has 38 heavy (non-hydrogen) atoms. The van der Waals surface area contributed by atoms with Crippen LogP contribution in [0.2, 0.25) is 0 Å². The van der Waals surface area contributed by atoms with Gasteiger partial charge < -0.3 is 24.6 Å². The summed E-state index contributed by atoms with van der Waals surface area (Å²) in [7, 11) is 0. The molecule has 0 spiro atoms. The molecule has 0 amide bonds. The van der Waals surface area contributed by atoms with E-state index in [2.05, 4.69) is 5.32 Å². The van der Waals surface area contributed by atoms with E-state index in [0.29, 0.717) is 12.8 Å². The summed E-state index contributed by atoms with van der Waals surface area (Å²) < 4.78 is 18.6. The number of hydrogen-bond donors (Lipinski definition) is 2. The molecule has 3 aromatic carbocycles. The average Bonchev–Trinajstić information content (AvgIpc) is 2.94. The molecule has 2 aliphatic rings. The lowest BCUT2D eigenvalue weighted by Gasteiger charge is -2.48. The number of nitro benzene ring substituents is 2. The first-order valence-corrected chi connectivity index (χ1v) is 12.3. The molecule has 6 atom stereocenters. The number of nitro groups is 2. The van der Waals surface area contributed by atoms with Gasteiger partial charge >= 0.3 is 0 Å². The highest BCUT2D eigenvalue weighted by Gasteiger charge is 2.49. The standard InChI is InChI=1S/C27H27N3O8/c31-25-24(28-20-12-11-19(29(32)33)15-21(20)30(34)35)27(36-16-17-7-3-1-4-8-17)38-23-14-13-22(37-26(23)25)18-9-5-2-6-10-18/h1-12,15,22-28,31H,13-14,16H2/t22-,23-,24+,25-,26-,27-/m1/s1. The Balaban J connectivity index is 1.42. The normalized spacial score (nSPS) is 26.8. The van der Waals surface area contributed by atoms with Gasteiger partial charge in [-0.3, -0.25) is 20.2 Å². The predicted molar refractivity (Wildman–Crippen MR) is 136 cm³/mol. The Labute approximate surface area is 218 Å². The van der Waals surface area contributed by atoms with Gasteiger partial charge in [-0.1, -0.05) is 60.7 Å². The molecule has 3 aromatic rings. The first kappa shape index (κ1) is 25.7. The number of nitrogens with zero attached hydrogens (tertiary/aromatic N) is 2. The smallest absolute Gasteiger partial charge is 0.299 e. The van der Waals surface area contributed by atoms with Crippen molar-refractivity contribution in [2.24, 2.45) is 0 Å². The summed E-state index contributed by atoms with van der Waals surface area (Å²) in [4.78, 5) is 21.5. The monoisotopic (exact) mass is 521 g/mol. The average molecular weight is 522 g/mol. The zero-order valence-corrected chi connectivity index (χ0v) is 20.3. The van der Waals surface area contributed by atoms with Crippen LogP contribution < -0.4 is 5.32 Å². The molecule has 2 fully saturated rings. The number of fused-ring (bicyclic) bond motifs is 1. The third-order valence-corrected chi connectivity index (χ3v) is 6.85. The largest absolute Gasteiger partial charge is 0.388 e. The first-order valence-electron chi connectivity index (χ1n) is 12.3. The summed E-state index contributed by atoms with van der Waals surface area (Å²) in [6, 6.07) is 21.4. The summed E-state index contributed by atoms with van der Waals surface area (Å²) in [6.07, 6.45) is -2.23. The van der Waals surface area contributed by atoms with Crippen molar-refractivity contribution in [1.29, 1.82) is 0 Å². The molecule has 0 unspecified atom stereocenters. The number of nitrogens with one attached hydrogen (secondary N) is 1. The zero-order chi connectivity index (χ0) is 26.6. The molecule has 0 aliphatic carbocycles. The van der Waals surface area contributed by atoms with Crippen LogP contribution >= 0.6 is 0 Å². The maximum absolute atomic E-state index is 11.7. The molecule has 2 aliphatic heterocycles. The molecule has 2 heterocycles. The van der Waals surface area contributed by atoms with Gasteiger partial charge in [0.15, 0.2) is 6.29 Å². The van der Waals surface area contributed by atoms with Gasteiger partial charge in [0.1, 0.15) is 23.9 Å². The van der Waals surface area contributed by atoms with Crippen molar-refractivity contribution in [1.82, 2.24) is 0 Å². The van der Waals surface area contributed by atoms with Crippen LogP contribution in [0.15, 0.2) is 78.9 Å². The quantitative estimate of drug-likeness (QED) is 0.323. The summed E-state index contributed by atoms with van der Waals surface area (Å²) >= 11 is 0. The van der Waals surface area contributed by atoms with Crippen LogP contribution in [0.3, 0.4) is 0 Å². The molecule has 198 valence electrons. The second-order valence-electron chi connectivity index (χ2n) is 9.29. The number of rotatable bonds is 8. The number of anilines is 1. The third kappa shape index (κ3) is 5.50. The fraction of sp³-hybridized carbons (Fsp3) is 0.333. The number of aliphatic hydroxyl groups excluding tert-OH is 1. The van der Waals surface area contributed by atoms with Crippen LogP contribution in [0.25, 0.3) is 0 Å². The lowest BCUT2D eigenvalue weighted by Crippen LogP contribution is -2.62. The van der Waals surface area contributed by atoms with Crippen molar-refractivity contribution in [3.8, 4) is 0 Å². The molecular weight excluding hydrogens is 494 g/mol. The van der Waals surface area contributed by atoms with Crippen LogP contribution in [-0.4, -0.2) is 45.6 Å². The van der Waals surface area contributed by atoms with Gasteiger partial charge in [-0.05, 0) is 30.0 Å². The Kier molecular flexibility index (Phi) is 7.61. The predicted octanol–water partition coefficient (Wildman–Crippen LogP) is 4.51. The SMILES string of the molecule is O=[N+]([O-])c1ccc(N[C@@H]2[C@H](OCc3ccccc3)O[C@@H]3CC[C@H](c4ccccc4)O[C@H]3[C@@H]2O)c([N+](=O)[O-])c1. The van der Waals surface area contributed by atoms with Gasteiger partial charge in [0, 0.05) is 6.07 Å². The van der Waals surface area contributed by atoms with E-state index >= 15 is 0 Å². The molecule has 0 bridgehead atoms. The Bertz CT molecular complexity index is 1280. The molecule has 11 nitrogen and oxygen atoms in total. The van der Waals surface area contributed by atoms with Gasteiger partial charge in [-0.25, -0.2) is 0 Å². The van der Waals surface area contributed by atoms with Crippen molar-refractivity contribution in [2.75, 3.05) is 5.32 Å². The molecule has 0 saturated carbocycles. The number of hydrogen-bond acceptors (Lipinski definition) is 9. The number of aliphatic hydroxyl groups is 1. The van der Waals surface area contributed by atoms with Gasteiger partial charge in [0.05, 0.1) is 34.7 Å². The highest BCUT2D eigenvalue weighted by Crippen LogP contribution is 2.40. The summed E-state index contributed by atoms with van der Waals surface area (Å²) in [5.74, 6) is 0. The molecule has 2 N–H and O–H groups in total. The topological polar surface area (TPSA) is 146 Å². The Hall–Kier alpha value is -3.90. The first-order chi connectivity index (χ1) is 18.4. The van der Waals surface area contributed by atoms with Crippen LogP contribution in [0, 0.1) is 20.2 Å². The lowest BCUT2D eigenvalue weighted by atomic mass is 9.88. The van der Waals surface area contributed by atoms with E-state index in [1.165, 1.54) is 6.07 Å². The van der Waals surface area contributed by atoms with Crippen LogP contribution in [-0.2, 0) is 20.8 Å².